The number of nitrogens with one attached hydrogen (secondary N) is 1. The maximum Gasteiger partial charge on any atom is 0.197 e. The molecular formula is C30H33N3O2. The summed E-state index contributed by atoms with van der Waals surface area (Å²) in [6.07, 6.45) is 5.20. The van der Waals surface area contributed by atoms with Crippen LogP contribution in [0.3, 0.4) is 0 Å². The van der Waals surface area contributed by atoms with Crippen LogP contribution >= 0.6 is 0 Å². The van der Waals surface area contributed by atoms with Gasteiger partial charge in [0, 0.05) is 34.8 Å². The molecule has 0 saturated carbocycles. The van der Waals surface area contributed by atoms with Gasteiger partial charge in [0.05, 0.1) is 21.9 Å². The average molecular weight is 468 g/mol. The number of hydrogen-bond donors (Lipinski definition) is 1. The summed E-state index contributed by atoms with van der Waals surface area (Å²) < 4.78 is 2.23. The first-order valence-corrected chi connectivity index (χ1v) is 12.9. The van der Waals surface area contributed by atoms with Crippen LogP contribution in [-0.2, 0) is 6.42 Å². The van der Waals surface area contributed by atoms with E-state index in [-0.39, 0.29) is 10.9 Å². The predicted octanol–water partition coefficient (Wildman–Crippen LogP) is 6.25. The van der Waals surface area contributed by atoms with Gasteiger partial charge in [-0.1, -0.05) is 51.8 Å². The standard InChI is InChI=1S/C30H33N3O2/c1-4-7-15-32(16-8-5-2)33-27-17-20(6-3)13-14-22(27)30(35)24-18-26-23(19-28(24)33)29(34)21-11-9-10-12-25(21)31-26/h9-14,17-19H,4-8,15-16H2,1-3H3,(H,31,34). The molecule has 0 spiro atoms. The van der Waals surface area contributed by atoms with E-state index in [0.29, 0.717) is 21.7 Å². The average Bonchev–Trinajstić information content (AvgIpc) is 2.89. The monoisotopic (exact) mass is 467 g/mol. The van der Waals surface area contributed by atoms with Gasteiger partial charge in [-0.3, -0.25) is 14.3 Å². The van der Waals surface area contributed by atoms with Gasteiger partial charge < -0.3 is 9.99 Å². The first kappa shape index (κ1) is 23.2. The van der Waals surface area contributed by atoms with Crippen LogP contribution in [0, 0.1) is 0 Å². The first-order valence-electron chi connectivity index (χ1n) is 12.9. The van der Waals surface area contributed by atoms with Crippen molar-refractivity contribution in [1.82, 2.24) is 9.66 Å². The van der Waals surface area contributed by atoms with Gasteiger partial charge in [0.25, 0.3) is 0 Å². The van der Waals surface area contributed by atoms with Gasteiger partial charge in [0.1, 0.15) is 0 Å². The Bertz CT molecular complexity index is 1650. The minimum Gasteiger partial charge on any atom is -0.354 e. The molecule has 5 aromatic rings. The molecule has 0 bridgehead atoms. The van der Waals surface area contributed by atoms with Crippen molar-refractivity contribution >= 4 is 43.6 Å². The molecule has 0 fully saturated rings. The van der Waals surface area contributed by atoms with Crippen molar-refractivity contribution in [3.63, 3.8) is 0 Å². The van der Waals surface area contributed by atoms with Gasteiger partial charge >= 0.3 is 0 Å². The van der Waals surface area contributed by atoms with E-state index >= 15 is 0 Å². The molecule has 5 rings (SSSR count). The Hall–Kier alpha value is -3.60. The SMILES string of the molecule is CCCCN(CCCC)n1c2cc(CC)ccc2c(=O)c2cc3[nH]c4ccccc4c(=O)c3cc21. The van der Waals surface area contributed by atoms with Crippen molar-refractivity contribution in [2.75, 3.05) is 18.1 Å². The zero-order chi connectivity index (χ0) is 24.5. The highest BCUT2D eigenvalue weighted by atomic mass is 16.1. The number of pyridine rings is 2. The minimum absolute atomic E-state index is 0.00804. The number of unbranched alkanes of at least 4 members (excludes halogenated alkanes) is 2. The summed E-state index contributed by atoms with van der Waals surface area (Å²) in [4.78, 5) is 30.6. The molecule has 35 heavy (non-hydrogen) atoms. The van der Waals surface area contributed by atoms with Crippen LogP contribution in [0.4, 0.5) is 0 Å². The second-order valence-corrected chi connectivity index (χ2v) is 9.42. The van der Waals surface area contributed by atoms with E-state index in [1.165, 1.54) is 5.56 Å². The topological polar surface area (TPSA) is 58.1 Å². The van der Waals surface area contributed by atoms with Crippen LogP contribution in [-0.4, -0.2) is 22.7 Å². The molecule has 1 N–H and O–H groups in total. The zero-order valence-electron chi connectivity index (χ0n) is 20.9. The third kappa shape index (κ3) is 3.99. The zero-order valence-corrected chi connectivity index (χ0v) is 20.9. The summed E-state index contributed by atoms with van der Waals surface area (Å²) in [5, 5.41) is 5.00. The van der Waals surface area contributed by atoms with Gasteiger partial charge in [-0.2, -0.15) is 0 Å². The van der Waals surface area contributed by atoms with Crippen molar-refractivity contribution in [3.8, 4) is 0 Å². The summed E-state index contributed by atoms with van der Waals surface area (Å²) in [7, 11) is 0. The summed E-state index contributed by atoms with van der Waals surface area (Å²) >= 11 is 0. The number of H-pyrrole nitrogens is 1. The number of aromatic amines is 1. The minimum atomic E-state index is -0.00804. The molecule has 0 saturated heterocycles. The third-order valence-corrected chi connectivity index (χ3v) is 7.06. The van der Waals surface area contributed by atoms with Crippen LogP contribution in [0.15, 0.2) is 64.2 Å². The Kier molecular flexibility index (Phi) is 6.33. The molecular weight excluding hydrogens is 434 g/mol. The highest BCUT2D eigenvalue weighted by Crippen LogP contribution is 2.26. The molecule has 180 valence electrons. The second kappa shape index (κ2) is 9.57. The van der Waals surface area contributed by atoms with Crippen LogP contribution in [0.1, 0.15) is 52.0 Å². The van der Waals surface area contributed by atoms with E-state index in [1.54, 1.807) is 0 Å². The van der Waals surface area contributed by atoms with Crippen molar-refractivity contribution in [2.24, 2.45) is 0 Å². The highest BCUT2D eigenvalue weighted by molar-refractivity contribution is 6.03. The quantitative estimate of drug-likeness (QED) is 0.274. The lowest BCUT2D eigenvalue weighted by Crippen LogP contribution is -2.38. The second-order valence-electron chi connectivity index (χ2n) is 9.42. The van der Waals surface area contributed by atoms with Crippen molar-refractivity contribution in [2.45, 2.75) is 52.9 Å². The van der Waals surface area contributed by atoms with Crippen molar-refractivity contribution in [3.05, 3.63) is 80.6 Å². The molecule has 5 heteroatoms. The van der Waals surface area contributed by atoms with Gasteiger partial charge in [0.2, 0.25) is 0 Å². The molecule has 0 aliphatic carbocycles. The third-order valence-electron chi connectivity index (χ3n) is 7.06. The Labute approximate surface area is 205 Å². The van der Waals surface area contributed by atoms with E-state index < -0.39 is 0 Å². The Morgan fingerprint density at radius 3 is 2.11 bits per heavy atom. The molecule has 5 nitrogen and oxygen atoms in total. The van der Waals surface area contributed by atoms with Gasteiger partial charge in [-0.25, -0.2) is 0 Å². The lowest BCUT2D eigenvalue weighted by Gasteiger charge is -2.31. The number of fused-ring (bicyclic) bond motifs is 4. The molecule has 0 radical (unpaired) electrons. The molecule has 0 unspecified atom stereocenters. The Morgan fingerprint density at radius 1 is 0.714 bits per heavy atom. The molecule has 0 aliphatic rings. The summed E-state index contributed by atoms with van der Waals surface area (Å²) in [6, 6.07) is 17.5. The predicted molar refractivity (Wildman–Crippen MR) is 148 cm³/mol. The molecule has 0 aliphatic heterocycles. The summed E-state index contributed by atoms with van der Waals surface area (Å²) in [5.74, 6) is 0. The van der Waals surface area contributed by atoms with Gasteiger partial charge in [0.15, 0.2) is 10.9 Å². The molecule has 2 heterocycles. The first-order chi connectivity index (χ1) is 17.1. The van der Waals surface area contributed by atoms with Gasteiger partial charge in [-0.05, 0) is 61.2 Å². The smallest absolute Gasteiger partial charge is 0.197 e. The Morgan fingerprint density at radius 2 is 1.40 bits per heavy atom. The van der Waals surface area contributed by atoms with E-state index in [0.717, 1.165) is 67.1 Å². The van der Waals surface area contributed by atoms with Crippen molar-refractivity contribution < 1.29 is 0 Å². The molecule has 0 atom stereocenters. The fourth-order valence-corrected chi connectivity index (χ4v) is 5.05. The number of para-hydroxylation sites is 1. The number of aromatic nitrogens is 2. The van der Waals surface area contributed by atoms with Gasteiger partial charge in [-0.15, -0.1) is 0 Å². The fourth-order valence-electron chi connectivity index (χ4n) is 5.05. The van der Waals surface area contributed by atoms with E-state index in [9.17, 15) is 9.59 Å². The number of hydrogen-bond acceptors (Lipinski definition) is 3. The van der Waals surface area contributed by atoms with Crippen LogP contribution in [0.2, 0.25) is 0 Å². The highest BCUT2D eigenvalue weighted by Gasteiger charge is 2.18. The van der Waals surface area contributed by atoms with Crippen LogP contribution < -0.4 is 15.9 Å². The summed E-state index contributed by atoms with van der Waals surface area (Å²) in [6.45, 7) is 8.33. The normalized spacial score (nSPS) is 11.7. The van der Waals surface area contributed by atoms with Crippen LogP contribution in [0.25, 0.3) is 43.6 Å². The number of nitrogens with zero attached hydrogens (tertiary/aromatic N) is 2. The maximum atomic E-state index is 13.8. The number of benzene rings is 3. The van der Waals surface area contributed by atoms with E-state index in [4.69, 9.17) is 0 Å². The Balaban J connectivity index is 1.94. The molecule has 0 amide bonds. The largest absolute Gasteiger partial charge is 0.354 e. The molecule has 2 aromatic heterocycles. The lowest BCUT2D eigenvalue weighted by molar-refractivity contribution is 0.564. The lowest BCUT2D eigenvalue weighted by atomic mass is 10.0. The summed E-state index contributed by atoms with van der Waals surface area (Å²) in [5.41, 5.74) is 4.40. The van der Waals surface area contributed by atoms with Crippen molar-refractivity contribution in [1.29, 1.82) is 0 Å². The maximum absolute atomic E-state index is 13.8. The van der Waals surface area contributed by atoms with Crippen LogP contribution in [0.5, 0.6) is 0 Å². The van der Waals surface area contributed by atoms with E-state index in [2.05, 4.69) is 47.6 Å². The van der Waals surface area contributed by atoms with E-state index in [1.807, 2.05) is 42.5 Å². The number of rotatable bonds is 8. The fraction of sp³-hybridized carbons (Fsp3) is 0.333. The molecule has 3 aromatic carbocycles. The number of aryl methyl sites for hydroxylation is 1.